The summed E-state index contributed by atoms with van der Waals surface area (Å²) < 4.78 is 5.10. The predicted molar refractivity (Wildman–Crippen MR) is 83.9 cm³/mol. The van der Waals surface area contributed by atoms with E-state index in [1.807, 2.05) is 30.3 Å². The fourth-order valence-electron chi connectivity index (χ4n) is 1.86. The fourth-order valence-corrected chi connectivity index (χ4v) is 2.68. The van der Waals surface area contributed by atoms with Crippen LogP contribution in [0.15, 0.2) is 53.1 Å². The van der Waals surface area contributed by atoms with Crippen LogP contribution in [0, 0.1) is 0 Å². The van der Waals surface area contributed by atoms with Crippen LogP contribution in [-0.4, -0.2) is 23.3 Å². The second-order valence-corrected chi connectivity index (χ2v) is 5.63. The average molecular weight is 305 g/mol. The van der Waals surface area contributed by atoms with Gasteiger partial charge in [-0.15, -0.1) is 11.8 Å². The molecule has 1 atom stereocenters. The topological polar surface area (TPSA) is 62.5 Å². The molecule has 2 N–H and O–H groups in total. The van der Waals surface area contributed by atoms with E-state index in [1.54, 1.807) is 23.9 Å². The molecule has 0 aliphatic rings. The number of hydrogen-bond acceptors (Lipinski definition) is 4. The quantitative estimate of drug-likeness (QED) is 0.787. The van der Waals surface area contributed by atoms with Crippen LogP contribution < -0.4 is 5.32 Å². The third-order valence-electron chi connectivity index (χ3n) is 2.96. The summed E-state index contributed by atoms with van der Waals surface area (Å²) in [6, 6.07) is 13.5. The van der Waals surface area contributed by atoms with E-state index in [1.165, 1.54) is 11.8 Å². The van der Waals surface area contributed by atoms with Gasteiger partial charge in [-0.3, -0.25) is 4.79 Å². The lowest BCUT2D eigenvalue weighted by molar-refractivity contribution is -0.118. The van der Waals surface area contributed by atoms with Gasteiger partial charge in [0, 0.05) is 12.3 Å². The Bertz CT molecular complexity index is 528. The van der Waals surface area contributed by atoms with Gasteiger partial charge in [0.2, 0.25) is 5.91 Å². The molecule has 0 saturated carbocycles. The van der Waals surface area contributed by atoms with Crippen molar-refractivity contribution in [3.63, 3.8) is 0 Å². The number of benzene rings is 1. The Balaban J connectivity index is 1.57. The van der Waals surface area contributed by atoms with E-state index in [0.717, 1.165) is 5.75 Å². The van der Waals surface area contributed by atoms with Crippen molar-refractivity contribution in [1.82, 2.24) is 5.32 Å². The van der Waals surface area contributed by atoms with Crippen molar-refractivity contribution in [3.8, 4) is 0 Å². The van der Waals surface area contributed by atoms with Gasteiger partial charge in [-0.25, -0.2) is 0 Å². The number of carbonyl (C=O) groups excluding carboxylic acids is 1. The first-order chi connectivity index (χ1) is 10.3. The van der Waals surface area contributed by atoms with Crippen molar-refractivity contribution in [3.05, 3.63) is 60.1 Å². The van der Waals surface area contributed by atoms with Gasteiger partial charge in [-0.05, 0) is 24.1 Å². The van der Waals surface area contributed by atoms with Crippen LogP contribution in [0.2, 0.25) is 0 Å². The minimum absolute atomic E-state index is 0.0115. The van der Waals surface area contributed by atoms with Crippen LogP contribution in [-0.2, 0) is 10.5 Å². The Kier molecular flexibility index (Phi) is 6.37. The number of carbonyl (C=O) groups is 1. The molecule has 0 bridgehead atoms. The van der Waals surface area contributed by atoms with Crippen LogP contribution in [0.4, 0.5) is 0 Å². The smallest absolute Gasteiger partial charge is 0.230 e. The average Bonchev–Trinajstić information content (AvgIpc) is 3.02. The molecule has 4 nitrogen and oxygen atoms in total. The van der Waals surface area contributed by atoms with Gasteiger partial charge in [0.05, 0.1) is 12.0 Å². The van der Waals surface area contributed by atoms with Gasteiger partial charge in [-0.1, -0.05) is 30.3 Å². The lowest BCUT2D eigenvalue weighted by Crippen LogP contribution is -2.27. The van der Waals surface area contributed by atoms with Crippen LogP contribution in [0.25, 0.3) is 0 Å². The van der Waals surface area contributed by atoms with Crippen LogP contribution in [0.5, 0.6) is 0 Å². The highest BCUT2D eigenvalue weighted by molar-refractivity contribution is 7.99. The molecule has 0 radical (unpaired) electrons. The molecule has 1 aromatic carbocycles. The van der Waals surface area contributed by atoms with Crippen molar-refractivity contribution < 1.29 is 14.3 Å². The number of amides is 1. The number of furan rings is 1. The SMILES string of the molecule is O=C(CSCc1ccccc1)NCCC(O)c1ccco1. The molecule has 0 saturated heterocycles. The lowest BCUT2D eigenvalue weighted by Gasteiger charge is -2.09. The van der Waals surface area contributed by atoms with E-state index in [2.05, 4.69) is 5.32 Å². The van der Waals surface area contributed by atoms with E-state index in [4.69, 9.17) is 4.42 Å². The highest BCUT2D eigenvalue weighted by Gasteiger charge is 2.10. The van der Waals surface area contributed by atoms with Crippen LogP contribution in [0.1, 0.15) is 23.8 Å². The summed E-state index contributed by atoms with van der Waals surface area (Å²) in [5.74, 6) is 1.76. The molecular formula is C16H19NO3S. The molecule has 5 heteroatoms. The highest BCUT2D eigenvalue weighted by Crippen LogP contribution is 2.16. The summed E-state index contributed by atoms with van der Waals surface area (Å²) in [5, 5.41) is 12.6. The Morgan fingerprint density at radius 3 is 2.76 bits per heavy atom. The molecule has 1 aromatic heterocycles. The molecular weight excluding hydrogens is 286 g/mol. The van der Waals surface area contributed by atoms with Gasteiger partial charge in [0.25, 0.3) is 0 Å². The number of aliphatic hydroxyl groups is 1. The standard InChI is InChI=1S/C16H19NO3S/c18-14(15-7-4-10-20-15)8-9-17-16(19)12-21-11-13-5-2-1-3-6-13/h1-7,10,14,18H,8-9,11-12H2,(H,17,19). The largest absolute Gasteiger partial charge is 0.467 e. The third kappa shape index (κ3) is 5.65. The summed E-state index contributed by atoms with van der Waals surface area (Å²) in [4.78, 5) is 11.7. The second kappa shape index (κ2) is 8.54. The first kappa shape index (κ1) is 15.7. The molecule has 21 heavy (non-hydrogen) atoms. The third-order valence-corrected chi connectivity index (χ3v) is 3.96. The second-order valence-electron chi connectivity index (χ2n) is 4.65. The Morgan fingerprint density at radius 1 is 1.24 bits per heavy atom. The maximum absolute atomic E-state index is 11.7. The molecule has 1 heterocycles. The van der Waals surface area contributed by atoms with Crippen molar-refractivity contribution in [2.75, 3.05) is 12.3 Å². The number of rotatable bonds is 8. The first-order valence-corrected chi connectivity index (χ1v) is 8.01. The van der Waals surface area contributed by atoms with Gasteiger partial charge in [0.15, 0.2) is 0 Å². The number of hydrogen-bond donors (Lipinski definition) is 2. The summed E-state index contributed by atoms with van der Waals surface area (Å²) in [6.07, 6.45) is 1.30. The number of thioether (sulfide) groups is 1. The number of nitrogens with one attached hydrogen (secondary N) is 1. The Morgan fingerprint density at radius 2 is 2.05 bits per heavy atom. The van der Waals surface area contributed by atoms with Crippen LogP contribution >= 0.6 is 11.8 Å². The molecule has 0 aliphatic heterocycles. The summed E-state index contributed by atoms with van der Waals surface area (Å²) in [6.45, 7) is 0.437. The van der Waals surface area contributed by atoms with E-state index in [0.29, 0.717) is 24.5 Å². The summed E-state index contributed by atoms with van der Waals surface area (Å²) >= 11 is 1.58. The minimum Gasteiger partial charge on any atom is -0.467 e. The minimum atomic E-state index is -0.669. The molecule has 0 spiro atoms. The van der Waals surface area contributed by atoms with Gasteiger partial charge < -0.3 is 14.8 Å². The number of aliphatic hydroxyl groups excluding tert-OH is 1. The zero-order chi connectivity index (χ0) is 14.9. The first-order valence-electron chi connectivity index (χ1n) is 6.85. The summed E-state index contributed by atoms with van der Waals surface area (Å²) in [5.41, 5.74) is 1.21. The van der Waals surface area contributed by atoms with E-state index >= 15 is 0 Å². The molecule has 0 fully saturated rings. The maximum Gasteiger partial charge on any atom is 0.230 e. The van der Waals surface area contributed by atoms with Crippen LogP contribution in [0.3, 0.4) is 0 Å². The molecule has 0 aliphatic carbocycles. The van der Waals surface area contributed by atoms with Gasteiger partial charge >= 0.3 is 0 Å². The predicted octanol–water partition coefficient (Wildman–Crippen LogP) is 2.75. The van der Waals surface area contributed by atoms with E-state index < -0.39 is 6.10 Å². The molecule has 2 aromatic rings. The van der Waals surface area contributed by atoms with Crippen molar-refractivity contribution >= 4 is 17.7 Å². The van der Waals surface area contributed by atoms with Crippen molar-refractivity contribution in [2.24, 2.45) is 0 Å². The fraction of sp³-hybridized carbons (Fsp3) is 0.312. The zero-order valence-corrected chi connectivity index (χ0v) is 12.5. The highest BCUT2D eigenvalue weighted by atomic mass is 32.2. The summed E-state index contributed by atoms with van der Waals surface area (Å²) in [7, 11) is 0. The monoisotopic (exact) mass is 305 g/mol. The molecule has 1 amide bonds. The van der Waals surface area contributed by atoms with Crippen molar-refractivity contribution in [2.45, 2.75) is 18.3 Å². The zero-order valence-electron chi connectivity index (χ0n) is 11.7. The van der Waals surface area contributed by atoms with E-state index in [9.17, 15) is 9.90 Å². The lowest BCUT2D eigenvalue weighted by atomic mass is 10.2. The Labute approximate surface area is 128 Å². The molecule has 112 valence electrons. The maximum atomic E-state index is 11.7. The van der Waals surface area contributed by atoms with Gasteiger partial charge in [0.1, 0.15) is 11.9 Å². The van der Waals surface area contributed by atoms with Gasteiger partial charge in [-0.2, -0.15) is 0 Å². The normalized spacial score (nSPS) is 12.0. The Hall–Kier alpha value is -1.72. The van der Waals surface area contributed by atoms with Crippen molar-refractivity contribution in [1.29, 1.82) is 0 Å². The molecule has 2 rings (SSSR count). The van der Waals surface area contributed by atoms with E-state index in [-0.39, 0.29) is 5.91 Å². The molecule has 1 unspecified atom stereocenters.